The number of benzene rings is 2. The molecule has 1 aromatic heterocycles. The fraction of sp³-hybridized carbons (Fsp3) is 0.333. The first-order chi connectivity index (χ1) is 13.5. The van der Waals surface area contributed by atoms with E-state index in [2.05, 4.69) is 4.90 Å². The molecule has 0 unspecified atom stereocenters. The highest BCUT2D eigenvalue weighted by Gasteiger charge is 2.20. The molecular weight excluding hydrogens is 445 g/mol. The average molecular weight is 470 g/mol. The number of fused-ring (bicyclic) bond motifs is 1. The van der Waals surface area contributed by atoms with Gasteiger partial charge in [-0.1, -0.05) is 41.1 Å². The molecule has 1 heterocycles. The Morgan fingerprint density at radius 2 is 1.86 bits per heavy atom. The van der Waals surface area contributed by atoms with E-state index in [1.54, 1.807) is 23.1 Å². The number of thioether (sulfide) groups is 1. The van der Waals surface area contributed by atoms with Gasteiger partial charge in [-0.3, -0.25) is 9.69 Å². The van der Waals surface area contributed by atoms with Gasteiger partial charge in [0.1, 0.15) is 0 Å². The first-order valence-electron chi connectivity index (χ1n) is 9.14. The van der Waals surface area contributed by atoms with Gasteiger partial charge in [0.05, 0.1) is 16.0 Å². The van der Waals surface area contributed by atoms with Crippen LogP contribution in [0.2, 0.25) is 5.02 Å². The van der Waals surface area contributed by atoms with Gasteiger partial charge in [0.15, 0.2) is 5.13 Å². The predicted octanol–water partition coefficient (Wildman–Crippen LogP) is 5.76. The number of nitrogens with zero attached hydrogens (tertiary/aromatic N) is 3. The maximum atomic E-state index is 13.1. The van der Waals surface area contributed by atoms with Crippen LogP contribution >= 0.6 is 47.1 Å². The van der Waals surface area contributed by atoms with Gasteiger partial charge in [0.25, 0.3) is 0 Å². The average Bonchev–Trinajstić information content (AvgIpc) is 3.11. The Morgan fingerprint density at radius 1 is 1.14 bits per heavy atom. The zero-order valence-corrected chi connectivity index (χ0v) is 19.9. The van der Waals surface area contributed by atoms with Crippen LogP contribution in [0, 0.1) is 6.92 Å². The minimum Gasteiger partial charge on any atom is -0.309 e. The van der Waals surface area contributed by atoms with E-state index >= 15 is 0 Å². The van der Waals surface area contributed by atoms with Gasteiger partial charge in [-0.2, -0.15) is 0 Å². The molecule has 0 saturated heterocycles. The minimum atomic E-state index is 0. The normalized spacial score (nSPS) is 10.9. The second kappa shape index (κ2) is 11.2. The Morgan fingerprint density at radius 3 is 2.55 bits per heavy atom. The fourth-order valence-electron chi connectivity index (χ4n) is 2.82. The molecule has 0 aliphatic rings. The Balaban J connectivity index is 0.00000300. The largest absolute Gasteiger partial charge is 0.309 e. The molecule has 0 N–H and O–H groups in total. The van der Waals surface area contributed by atoms with Gasteiger partial charge >= 0.3 is 0 Å². The van der Waals surface area contributed by atoms with E-state index in [-0.39, 0.29) is 18.3 Å². The van der Waals surface area contributed by atoms with Crippen LogP contribution in [-0.4, -0.2) is 48.7 Å². The molecule has 0 bridgehead atoms. The topological polar surface area (TPSA) is 36.4 Å². The van der Waals surface area contributed by atoms with E-state index in [0.29, 0.717) is 17.3 Å². The zero-order chi connectivity index (χ0) is 20.1. The number of thiazole rings is 1. The summed E-state index contributed by atoms with van der Waals surface area (Å²) in [5.74, 6) is 0.470. The number of aromatic nitrogens is 1. The van der Waals surface area contributed by atoms with Gasteiger partial charge in [-0.15, -0.1) is 24.2 Å². The third-order valence-corrected chi connectivity index (χ3v) is 6.81. The van der Waals surface area contributed by atoms with E-state index in [1.165, 1.54) is 0 Å². The Labute approximate surface area is 191 Å². The Bertz CT molecular complexity index is 948. The van der Waals surface area contributed by atoms with Crippen LogP contribution in [0.15, 0.2) is 47.4 Å². The highest BCUT2D eigenvalue weighted by molar-refractivity contribution is 8.00. The molecule has 0 aliphatic carbocycles. The summed E-state index contributed by atoms with van der Waals surface area (Å²) in [5, 5.41) is 1.45. The number of anilines is 1. The van der Waals surface area contributed by atoms with Crippen molar-refractivity contribution in [2.75, 3.05) is 37.8 Å². The smallest absolute Gasteiger partial charge is 0.239 e. The third-order valence-electron chi connectivity index (χ3n) is 4.36. The molecule has 2 aromatic carbocycles. The Hall–Kier alpha value is -1.31. The maximum absolute atomic E-state index is 13.1. The second-order valence-electron chi connectivity index (χ2n) is 6.82. The number of amides is 1. The molecule has 3 aromatic rings. The molecule has 4 nitrogen and oxygen atoms in total. The van der Waals surface area contributed by atoms with Crippen LogP contribution < -0.4 is 4.90 Å². The molecule has 0 radical (unpaired) electrons. The number of rotatable bonds is 8. The second-order valence-corrected chi connectivity index (χ2v) is 9.28. The summed E-state index contributed by atoms with van der Waals surface area (Å²) >= 11 is 9.36. The first-order valence-corrected chi connectivity index (χ1v) is 11.3. The zero-order valence-electron chi connectivity index (χ0n) is 16.7. The molecule has 0 aliphatic heterocycles. The van der Waals surface area contributed by atoms with Crippen molar-refractivity contribution in [2.24, 2.45) is 0 Å². The number of carbonyl (C=O) groups is 1. The number of carbonyl (C=O) groups excluding carboxylic acids is 1. The lowest BCUT2D eigenvalue weighted by Gasteiger charge is -2.21. The molecular formula is C21H25Cl2N3OS2. The van der Waals surface area contributed by atoms with Crippen molar-refractivity contribution >= 4 is 68.4 Å². The van der Waals surface area contributed by atoms with Gasteiger partial charge in [-0.25, -0.2) is 4.98 Å². The number of aryl methyl sites for hydroxylation is 1. The van der Waals surface area contributed by atoms with E-state index in [0.717, 1.165) is 38.8 Å². The van der Waals surface area contributed by atoms with Crippen LogP contribution in [-0.2, 0) is 4.79 Å². The van der Waals surface area contributed by atoms with Crippen molar-refractivity contribution in [3.63, 3.8) is 0 Å². The van der Waals surface area contributed by atoms with Crippen molar-refractivity contribution in [2.45, 2.75) is 18.2 Å². The van der Waals surface area contributed by atoms with Gasteiger partial charge in [0.2, 0.25) is 5.91 Å². The van der Waals surface area contributed by atoms with Crippen LogP contribution in [0.4, 0.5) is 5.13 Å². The first kappa shape index (κ1) is 24.0. The monoisotopic (exact) mass is 469 g/mol. The molecule has 0 saturated carbocycles. The van der Waals surface area contributed by atoms with Gasteiger partial charge < -0.3 is 4.90 Å². The van der Waals surface area contributed by atoms with Crippen LogP contribution in [0.25, 0.3) is 10.2 Å². The van der Waals surface area contributed by atoms with Crippen LogP contribution in [0.5, 0.6) is 0 Å². The molecule has 0 fully saturated rings. The molecule has 3 rings (SSSR count). The summed E-state index contributed by atoms with van der Waals surface area (Å²) in [5.41, 5.74) is 1.84. The van der Waals surface area contributed by atoms with Crippen molar-refractivity contribution in [1.29, 1.82) is 0 Å². The van der Waals surface area contributed by atoms with E-state index < -0.39 is 0 Å². The summed E-state index contributed by atoms with van der Waals surface area (Å²) in [4.78, 5) is 22.9. The van der Waals surface area contributed by atoms with Crippen molar-refractivity contribution in [3.05, 3.63) is 53.1 Å². The van der Waals surface area contributed by atoms with E-state index in [9.17, 15) is 4.79 Å². The summed E-state index contributed by atoms with van der Waals surface area (Å²) in [6.07, 6.45) is 0.893. The standard InChI is InChI=1S/C21H24ClN3OS2.ClH/c1-15-17(22)10-11-18-20(15)23-21(28-18)25(13-7-12-24(2)3)19(26)14-27-16-8-5-4-6-9-16;/h4-6,8-11H,7,12-14H2,1-3H3;1H. The van der Waals surface area contributed by atoms with Crippen molar-refractivity contribution < 1.29 is 4.79 Å². The molecule has 1 amide bonds. The minimum absolute atomic E-state index is 0. The predicted molar refractivity (Wildman–Crippen MR) is 129 cm³/mol. The lowest BCUT2D eigenvalue weighted by molar-refractivity contribution is -0.116. The fourth-order valence-corrected chi connectivity index (χ4v) is 4.83. The number of halogens is 2. The molecule has 0 atom stereocenters. The summed E-state index contributed by atoms with van der Waals surface area (Å²) < 4.78 is 1.05. The number of hydrogen-bond donors (Lipinski definition) is 0. The number of hydrogen-bond acceptors (Lipinski definition) is 5. The summed E-state index contributed by atoms with van der Waals surface area (Å²) in [6.45, 7) is 3.54. The molecule has 0 spiro atoms. The van der Waals surface area contributed by atoms with Gasteiger partial charge in [-0.05, 0) is 63.8 Å². The third kappa shape index (κ3) is 6.33. The quantitative estimate of drug-likeness (QED) is 0.393. The molecule has 156 valence electrons. The SMILES string of the molecule is Cc1c(Cl)ccc2sc(N(CCCN(C)C)C(=O)CSc3ccccc3)nc12.Cl. The summed E-state index contributed by atoms with van der Waals surface area (Å²) in [7, 11) is 4.08. The molecule has 8 heteroatoms. The lowest BCUT2D eigenvalue weighted by atomic mass is 10.2. The maximum Gasteiger partial charge on any atom is 0.239 e. The highest BCUT2D eigenvalue weighted by atomic mass is 35.5. The van der Waals surface area contributed by atoms with E-state index in [4.69, 9.17) is 16.6 Å². The van der Waals surface area contributed by atoms with Crippen molar-refractivity contribution in [3.8, 4) is 0 Å². The molecule has 29 heavy (non-hydrogen) atoms. The van der Waals surface area contributed by atoms with Crippen LogP contribution in [0.3, 0.4) is 0 Å². The Kier molecular flexibility index (Phi) is 9.24. The highest BCUT2D eigenvalue weighted by Crippen LogP contribution is 2.34. The van der Waals surface area contributed by atoms with Crippen LogP contribution in [0.1, 0.15) is 12.0 Å². The summed E-state index contributed by atoms with van der Waals surface area (Å²) in [6, 6.07) is 13.9. The van der Waals surface area contributed by atoms with Gasteiger partial charge in [0, 0.05) is 16.5 Å². The lowest BCUT2D eigenvalue weighted by Crippen LogP contribution is -2.34. The van der Waals surface area contributed by atoms with Crippen molar-refractivity contribution in [1.82, 2.24) is 9.88 Å². The van der Waals surface area contributed by atoms with E-state index in [1.807, 2.05) is 68.4 Å².